The summed E-state index contributed by atoms with van der Waals surface area (Å²) in [4.78, 5) is 84.1. The molecule has 6 amide bonds. The molecule has 352 valence electrons. The van der Waals surface area contributed by atoms with Crippen LogP contribution in [0.3, 0.4) is 0 Å². The number of rotatable bonds is 14. The van der Waals surface area contributed by atoms with E-state index in [0.717, 1.165) is 29.7 Å². The van der Waals surface area contributed by atoms with E-state index in [1.807, 2.05) is 52.0 Å². The van der Waals surface area contributed by atoms with Crippen LogP contribution in [0.2, 0.25) is 19.6 Å². The summed E-state index contributed by atoms with van der Waals surface area (Å²) in [5.41, 5.74) is 4.59. The summed E-state index contributed by atoms with van der Waals surface area (Å²) in [6, 6.07) is 22.0. The molecule has 0 saturated carbocycles. The first kappa shape index (κ1) is 48.6. The van der Waals surface area contributed by atoms with Gasteiger partial charge in [-0.25, -0.2) is 9.59 Å². The number of hydrogen-bond acceptors (Lipinski definition) is 9. The van der Waals surface area contributed by atoms with Crippen LogP contribution in [0.5, 0.6) is 0 Å². The van der Waals surface area contributed by atoms with Crippen LogP contribution in [0.1, 0.15) is 89.4 Å². The van der Waals surface area contributed by atoms with Crippen molar-refractivity contribution in [2.45, 2.75) is 122 Å². The number of carbonyl (C=O) groups is 6. The van der Waals surface area contributed by atoms with Gasteiger partial charge >= 0.3 is 198 Å². The van der Waals surface area contributed by atoms with E-state index in [1.165, 1.54) is 19.4 Å². The van der Waals surface area contributed by atoms with Gasteiger partial charge in [0.05, 0.1) is 14.2 Å². The molecular weight excluding hydrogens is 843 g/mol. The van der Waals surface area contributed by atoms with Crippen LogP contribution in [0.15, 0.2) is 72.8 Å². The summed E-state index contributed by atoms with van der Waals surface area (Å²) < 4.78 is 9.49. The zero-order valence-electron chi connectivity index (χ0n) is 39.4. The number of hydrogen-bond donors (Lipinski definition) is 4. The van der Waals surface area contributed by atoms with E-state index < -0.39 is 44.4 Å². The van der Waals surface area contributed by atoms with Crippen molar-refractivity contribution in [1.82, 2.24) is 20.4 Å². The number of methoxy groups -OCH3 is 2. The molecule has 0 aromatic heterocycles. The Morgan fingerprint density at radius 1 is 0.569 bits per heavy atom. The van der Waals surface area contributed by atoms with Gasteiger partial charge in [-0.15, -0.1) is 0 Å². The van der Waals surface area contributed by atoms with Gasteiger partial charge in [0.15, 0.2) is 0 Å². The number of anilines is 3. The predicted octanol–water partition coefficient (Wildman–Crippen LogP) is 6.67. The summed E-state index contributed by atoms with van der Waals surface area (Å²) >= 11 is 0. The van der Waals surface area contributed by atoms with Gasteiger partial charge in [0.2, 0.25) is 11.8 Å². The molecule has 0 aliphatic carbocycles. The van der Waals surface area contributed by atoms with Crippen LogP contribution in [-0.2, 0) is 28.7 Å². The molecule has 3 fully saturated rings. The van der Waals surface area contributed by atoms with Gasteiger partial charge in [0.25, 0.3) is 0 Å². The van der Waals surface area contributed by atoms with Crippen molar-refractivity contribution in [2.75, 3.05) is 42.8 Å². The molecule has 0 bridgehead atoms. The fourth-order valence-electron chi connectivity index (χ4n) is 9.44. The molecule has 3 saturated heterocycles. The van der Waals surface area contributed by atoms with Crippen LogP contribution in [0, 0.1) is 11.8 Å². The molecular formula is C49H68N7O8Si-. The Labute approximate surface area is 384 Å². The maximum atomic E-state index is 13.7. The number of nitrogens with zero attached hydrogens (tertiary/aromatic N) is 3. The van der Waals surface area contributed by atoms with Crippen LogP contribution >= 0.6 is 0 Å². The van der Waals surface area contributed by atoms with Crippen molar-refractivity contribution in [3.05, 3.63) is 83.9 Å². The first-order valence-corrected chi connectivity index (χ1v) is 27.2. The molecule has 15 nitrogen and oxygen atoms in total. The third kappa shape index (κ3) is 11.3. The summed E-state index contributed by atoms with van der Waals surface area (Å²) in [7, 11) is 0.647. The number of nitrogens with one attached hydrogen (secondary N) is 4. The number of amides is 6. The molecule has 6 atom stereocenters. The van der Waals surface area contributed by atoms with Gasteiger partial charge in [-0.05, 0) is 37.5 Å². The van der Waals surface area contributed by atoms with E-state index in [-0.39, 0.29) is 47.5 Å². The van der Waals surface area contributed by atoms with Crippen LogP contribution < -0.4 is 31.4 Å². The largest absolute Gasteiger partial charge is 0.0603 e. The third-order valence-corrected chi connectivity index (χ3v) is 15.5. The van der Waals surface area contributed by atoms with Crippen molar-refractivity contribution in [3.63, 3.8) is 0 Å². The van der Waals surface area contributed by atoms with Gasteiger partial charge in [-0.2, -0.15) is 0 Å². The summed E-state index contributed by atoms with van der Waals surface area (Å²) in [6.45, 7) is 15.3. The Morgan fingerprint density at radius 2 is 0.954 bits per heavy atom. The third-order valence-electron chi connectivity index (χ3n) is 13.2. The molecule has 0 radical (unpaired) electrons. The van der Waals surface area contributed by atoms with Crippen molar-refractivity contribution in [3.8, 4) is 0 Å². The molecule has 3 aromatic rings. The molecule has 16 heteroatoms. The first-order chi connectivity index (χ1) is 30.9. The Morgan fingerprint density at radius 3 is 1.29 bits per heavy atom. The zero-order valence-corrected chi connectivity index (χ0v) is 40.5. The van der Waals surface area contributed by atoms with Crippen LogP contribution in [0.25, 0.3) is 0 Å². The van der Waals surface area contributed by atoms with Gasteiger partial charge in [-0.3, -0.25) is 19.2 Å². The molecule has 65 heavy (non-hydrogen) atoms. The minimum atomic E-state index is -1.86. The minimum absolute atomic E-state index is 0.0387. The van der Waals surface area contributed by atoms with Crippen LogP contribution in [-0.4, -0.2) is 105 Å². The zero-order chi connectivity index (χ0) is 47.2. The molecule has 3 aromatic carbocycles. The minimum Gasteiger partial charge on any atom is -0.0603 e. The maximum Gasteiger partial charge on any atom is -0.0175 e. The molecule has 0 unspecified atom stereocenters. The van der Waals surface area contributed by atoms with Crippen molar-refractivity contribution in [2.24, 2.45) is 11.8 Å². The van der Waals surface area contributed by atoms with Crippen molar-refractivity contribution in [1.29, 1.82) is 0 Å². The topological polar surface area (TPSA) is 179 Å². The summed E-state index contributed by atoms with van der Waals surface area (Å²) in [5.74, 6) is -1.54. The summed E-state index contributed by atoms with van der Waals surface area (Å²) in [6.07, 6.45) is 2.80. The van der Waals surface area contributed by atoms with Crippen molar-refractivity contribution < 1.29 is 38.2 Å². The van der Waals surface area contributed by atoms with Gasteiger partial charge in [-0.1, -0.05) is 27.7 Å². The molecule has 0 spiro atoms. The second-order valence-electron chi connectivity index (χ2n) is 19.5. The van der Waals surface area contributed by atoms with E-state index >= 15 is 0 Å². The predicted molar refractivity (Wildman–Crippen MR) is 256 cm³/mol. The Kier molecular flexibility index (Phi) is 15.6. The Bertz CT molecular complexity index is 2050. The number of carbonyl (C=O) groups excluding carboxylic acids is 6. The van der Waals surface area contributed by atoms with Gasteiger partial charge in [0.1, 0.15) is 24.2 Å². The SMILES string of the molecule is COC(=O)N[C@H](C(=O)N1CCC[C@H]1C(=O)Nc1ccc([C@@H]2CC[C@@H](c3ccc(NC(=O)[C@@H]4CCCN4C(=O)[C@@H](NC(=O)OC)C(C)C)cc3)N2c2ccc([SiH-](C)(C)C)cc2)cc1)C(C)C. The van der Waals surface area contributed by atoms with E-state index in [9.17, 15) is 28.8 Å². The molecule has 3 heterocycles. The second-order valence-corrected chi connectivity index (χ2v) is 25.4. The van der Waals surface area contributed by atoms with E-state index in [0.29, 0.717) is 50.1 Å². The first-order valence-electron chi connectivity index (χ1n) is 23.2. The van der Waals surface area contributed by atoms with Gasteiger partial charge in [0, 0.05) is 13.1 Å². The fourth-order valence-corrected chi connectivity index (χ4v) is 10.8. The molecule has 3 aliphatic heterocycles. The van der Waals surface area contributed by atoms with Crippen molar-refractivity contribution >= 4 is 66.1 Å². The van der Waals surface area contributed by atoms with E-state index in [1.54, 1.807) is 9.80 Å². The average Bonchev–Trinajstić information content (AvgIpc) is 4.08. The second kappa shape index (κ2) is 20.9. The molecule has 4 N–H and O–H groups in total. The number of ether oxygens (including phenoxy) is 2. The standard InChI is InChI=1S/C49H68N7O8Si/c1-30(2)42(52-48(61)63-5)46(59)54-28-10-12-40(54)44(57)50-34-18-14-32(15-19-34)38-26-27-39(56(38)36-22-24-37(25-23-36)65(7,8)9)33-16-20-35(21-17-33)51-45(58)41-13-11-29-55(41)47(60)43(31(3)4)53-49(62)64-6/h14-25,30-31,38-43,65H,10-13,26-29H2,1-9H3,(H,50,57)(H,51,58)(H,52,61)(H,53,62)/q-1/t38-,39-,40-,41-,42-,43-/m0/s1. The average molecular weight is 911 g/mol. The fraction of sp³-hybridized carbons (Fsp3) is 0.510. The van der Waals surface area contributed by atoms with E-state index in [4.69, 9.17) is 9.47 Å². The van der Waals surface area contributed by atoms with Crippen LogP contribution in [0.4, 0.5) is 26.7 Å². The normalized spacial score (nSPS) is 20.9. The monoisotopic (exact) mass is 910 g/mol. The van der Waals surface area contributed by atoms with Gasteiger partial charge < -0.3 is 29.9 Å². The molecule has 3 aliphatic rings. The van der Waals surface area contributed by atoms with E-state index in [2.05, 4.69) is 94.3 Å². The molecule has 6 rings (SSSR count). The Hall–Kier alpha value is -5.90. The summed E-state index contributed by atoms with van der Waals surface area (Å²) in [5, 5.41) is 12.8. The Balaban J connectivity index is 1.17. The smallest absolute Gasteiger partial charge is 0.0175 e. The number of benzene rings is 3. The number of alkyl carbamates (subject to hydrolysis) is 2. The number of likely N-dealkylation sites (tertiary alicyclic amines) is 2. The quantitative estimate of drug-likeness (QED) is 0.129. The maximum absolute atomic E-state index is 13.7.